The highest BCUT2D eigenvalue weighted by Crippen LogP contribution is 2.39. The molecule has 0 aliphatic rings. The molecule has 3 aromatic rings. The van der Waals surface area contributed by atoms with Crippen LogP contribution < -0.4 is 39.1 Å². The number of carbonyl (C=O) groups excluding carboxylic acids is 2. The molecule has 230 valence electrons. The molecule has 3 rings (SSSR count). The van der Waals surface area contributed by atoms with Gasteiger partial charge in [-0.3, -0.25) is 9.59 Å². The number of methoxy groups -OCH3 is 6. The van der Waals surface area contributed by atoms with Gasteiger partial charge in [0.05, 0.1) is 42.7 Å². The molecule has 2 N–H and O–H groups in total. The molecule has 0 unspecified atom stereocenters. The molecule has 0 spiro atoms. The highest BCUT2D eigenvalue weighted by Gasteiger charge is 2.13. The first-order valence-corrected chi connectivity index (χ1v) is 13.4. The van der Waals surface area contributed by atoms with E-state index in [9.17, 15) is 9.59 Å². The Hall–Kier alpha value is -5.64. The van der Waals surface area contributed by atoms with Crippen LogP contribution in [-0.4, -0.2) is 54.5 Å². The Kier molecular flexibility index (Phi) is 12.5. The molecular formula is C34H36N2O8. The predicted molar refractivity (Wildman–Crippen MR) is 172 cm³/mol. The summed E-state index contributed by atoms with van der Waals surface area (Å²) in [7, 11) is 9.28. The van der Waals surface area contributed by atoms with E-state index in [2.05, 4.69) is 10.6 Å². The zero-order valence-electron chi connectivity index (χ0n) is 25.5. The average Bonchev–Trinajstić information content (AvgIpc) is 3.04. The van der Waals surface area contributed by atoms with Crippen molar-refractivity contribution >= 4 is 35.3 Å². The number of ether oxygens (including phenoxy) is 6. The van der Waals surface area contributed by atoms with E-state index in [1.165, 1.54) is 12.2 Å². The van der Waals surface area contributed by atoms with E-state index < -0.39 is 0 Å². The third-order valence-electron chi connectivity index (χ3n) is 6.09. The number of hydrogen-bond donors (Lipinski definition) is 2. The summed E-state index contributed by atoms with van der Waals surface area (Å²) in [6, 6.07) is 14.0. The topological polar surface area (TPSA) is 114 Å². The monoisotopic (exact) mass is 600 g/mol. The lowest BCUT2D eigenvalue weighted by Gasteiger charge is -2.12. The molecule has 0 aliphatic carbocycles. The van der Waals surface area contributed by atoms with Crippen LogP contribution in [0.3, 0.4) is 0 Å². The van der Waals surface area contributed by atoms with Crippen LogP contribution in [0.2, 0.25) is 0 Å². The minimum Gasteiger partial charge on any atom is -0.493 e. The molecule has 0 saturated heterocycles. The maximum Gasteiger partial charge on any atom is 0.248 e. The Labute approximate surface area is 257 Å². The fourth-order valence-electron chi connectivity index (χ4n) is 4.02. The second-order valence-electron chi connectivity index (χ2n) is 8.91. The van der Waals surface area contributed by atoms with Gasteiger partial charge in [-0.15, -0.1) is 0 Å². The minimum atomic E-state index is -0.307. The first kappa shape index (κ1) is 32.9. The van der Waals surface area contributed by atoms with E-state index in [-0.39, 0.29) is 11.8 Å². The lowest BCUT2D eigenvalue weighted by atomic mass is 10.1. The number of amides is 2. The molecule has 0 aliphatic heterocycles. The van der Waals surface area contributed by atoms with Gasteiger partial charge < -0.3 is 39.1 Å². The van der Waals surface area contributed by atoms with Gasteiger partial charge in [0, 0.05) is 23.5 Å². The van der Waals surface area contributed by atoms with Gasteiger partial charge in [-0.2, -0.15) is 0 Å². The van der Waals surface area contributed by atoms with Gasteiger partial charge in [0.2, 0.25) is 23.3 Å². The molecule has 0 aromatic heterocycles. The fourth-order valence-corrected chi connectivity index (χ4v) is 4.02. The van der Waals surface area contributed by atoms with Crippen LogP contribution in [0.5, 0.6) is 34.5 Å². The van der Waals surface area contributed by atoms with Crippen LogP contribution in [0.25, 0.3) is 12.2 Å². The van der Waals surface area contributed by atoms with Crippen molar-refractivity contribution in [1.29, 1.82) is 0 Å². The summed E-state index contributed by atoms with van der Waals surface area (Å²) in [5, 5.41) is 5.55. The number of benzene rings is 3. The highest BCUT2D eigenvalue weighted by atomic mass is 16.5. The normalized spacial score (nSPS) is 11.2. The van der Waals surface area contributed by atoms with Crippen LogP contribution in [0.4, 0.5) is 11.4 Å². The lowest BCUT2D eigenvalue weighted by molar-refractivity contribution is -0.112. The molecule has 44 heavy (non-hydrogen) atoms. The third-order valence-corrected chi connectivity index (χ3v) is 6.09. The number of nitrogens with one attached hydrogen (secondary N) is 2. The van der Waals surface area contributed by atoms with Gasteiger partial charge in [0.1, 0.15) is 0 Å². The smallest absolute Gasteiger partial charge is 0.248 e. The highest BCUT2D eigenvalue weighted by molar-refractivity contribution is 6.01. The van der Waals surface area contributed by atoms with Gasteiger partial charge in [-0.1, -0.05) is 36.5 Å². The van der Waals surface area contributed by atoms with Crippen molar-refractivity contribution in [1.82, 2.24) is 0 Å². The van der Waals surface area contributed by atoms with Crippen LogP contribution in [-0.2, 0) is 9.59 Å². The second kappa shape index (κ2) is 16.7. The zero-order chi connectivity index (χ0) is 31.9. The van der Waals surface area contributed by atoms with Gasteiger partial charge in [-0.05, 0) is 59.7 Å². The first-order valence-electron chi connectivity index (χ1n) is 13.4. The van der Waals surface area contributed by atoms with E-state index in [1.54, 1.807) is 115 Å². The molecule has 10 nitrogen and oxygen atoms in total. The molecule has 0 heterocycles. The zero-order valence-corrected chi connectivity index (χ0v) is 25.5. The summed E-state index contributed by atoms with van der Waals surface area (Å²) in [6.07, 6.45) is 13.1. The lowest BCUT2D eigenvalue weighted by Crippen LogP contribution is -2.09. The third kappa shape index (κ3) is 9.18. The van der Waals surface area contributed by atoms with Crippen molar-refractivity contribution in [2.24, 2.45) is 0 Å². The standard InChI is InChI=1S/C34H36N2O8/c1-39-27-19-23(20-28(40-2)33(27)43-5)11-7-9-13-31(37)35-25-15-17-26(18-16-25)36-32(38)14-10-8-12-24-21-29(41-3)34(44-6)30(22-24)42-4/h7-22H,1-6H3,(H,35,37)(H,36,38)/b11-7+,12-8+,13-9+,14-10+. The number of anilines is 2. The maximum atomic E-state index is 12.3. The van der Waals surface area contributed by atoms with Crippen molar-refractivity contribution in [3.05, 3.63) is 96.1 Å². The van der Waals surface area contributed by atoms with Crippen LogP contribution in [0.15, 0.2) is 85.0 Å². The van der Waals surface area contributed by atoms with Gasteiger partial charge in [0.25, 0.3) is 0 Å². The SMILES string of the molecule is COc1cc(/C=C/C=C/C(=O)Nc2ccc(NC(=O)/C=C/C=C/c3cc(OC)c(OC)c(OC)c3)cc2)cc(OC)c1OC. The summed E-state index contributed by atoms with van der Waals surface area (Å²) in [5.41, 5.74) is 2.78. The number of hydrogen-bond acceptors (Lipinski definition) is 8. The molecule has 3 aromatic carbocycles. The Balaban J connectivity index is 1.51. The molecule has 2 amide bonds. The Bertz CT molecular complexity index is 1390. The number of carbonyl (C=O) groups is 2. The van der Waals surface area contributed by atoms with Crippen molar-refractivity contribution in [3.63, 3.8) is 0 Å². The molecule has 0 fully saturated rings. The van der Waals surface area contributed by atoms with E-state index >= 15 is 0 Å². The quantitative estimate of drug-likeness (QED) is 0.167. The molecule has 0 bridgehead atoms. The second-order valence-corrected chi connectivity index (χ2v) is 8.91. The Morgan fingerprint density at radius 2 is 0.818 bits per heavy atom. The molecule has 0 atom stereocenters. The van der Waals surface area contributed by atoms with Crippen molar-refractivity contribution in [3.8, 4) is 34.5 Å². The summed E-state index contributed by atoms with van der Waals surface area (Å²) in [6.45, 7) is 0. The van der Waals surface area contributed by atoms with E-state index in [4.69, 9.17) is 28.4 Å². The molecule has 10 heteroatoms. The van der Waals surface area contributed by atoms with E-state index in [0.29, 0.717) is 45.9 Å². The Morgan fingerprint density at radius 1 is 0.500 bits per heavy atom. The van der Waals surface area contributed by atoms with Gasteiger partial charge in [-0.25, -0.2) is 0 Å². The minimum absolute atomic E-state index is 0.307. The number of allylic oxidation sites excluding steroid dienone is 4. The predicted octanol–water partition coefficient (Wildman–Crippen LogP) is 6.15. The van der Waals surface area contributed by atoms with E-state index in [0.717, 1.165) is 11.1 Å². The first-order chi connectivity index (χ1) is 21.3. The van der Waals surface area contributed by atoms with Crippen molar-refractivity contribution in [2.75, 3.05) is 53.3 Å². The van der Waals surface area contributed by atoms with Gasteiger partial charge >= 0.3 is 0 Å². The van der Waals surface area contributed by atoms with E-state index in [1.807, 2.05) is 12.2 Å². The Morgan fingerprint density at radius 3 is 1.09 bits per heavy atom. The molecule has 0 saturated carbocycles. The van der Waals surface area contributed by atoms with Crippen LogP contribution >= 0.6 is 0 Å². The van der Waals surface area contributed by atoms with Crippen LogP contribution in [0, 0.1) is 0 Å². The summed E-state index contributed by atoms with van der Waals surface area (Å²) in [5.74, 6) is 2.54. The molecular weight excluding hydrogens is 564 g/mol. The van der Waals surface area contributed by atoms with Crippen LogP contribution in [0.1, 0.15) is 11.1 Å². The number of rotatable bonds is 14. The largest absolute Gasteiger partial charge is 0.493 e. The van der Waals surface area contributed by atoms with Crippen molar-refractivity contribution < 1.29 is 38.0 Å². The summed E-state index contributed by atoms with van der Waals surface area (Å²) < 4.78 is 32.1. The van der Waals surface area contributed by atoms with Crippen molar-refractivity contribution in [2.45, 2.75) is 0 Å². The molecule has 0 radical (unpaired) electrons. The van der Waals surface area contributed by atoms with Gasteiger partial charge in [0.15, 0.2) is 23.0 Å². The summed E-state index contributed by atoms with van der Waals surface area (Å²) >= 11 is 0. The summed E-state index contributed by atoms with van der Waals surface area (Å²) in [4.78, 5) is 24.7. The fraction of sp³-hybridized carbons (Fsp3) is 0.176. The average molecular weight is 601 g/mol. The maximum absolute atomic E-state index is 12.3.